The van der Waals surface area contributed by atoms with E-state index in [4.69, 9.17) is 9.47 Å². The van der Waals surface area contributed by atoms with Crippen molar-refractivity contribution in [3.05, 3.63) is 29.6 Å². The topological polar surface area (TPSA) is 42.0 Å². The van der Waals surface area contributed by atoms with Gasteiger partial charge in [-0.2, -0.15) is 0 Å². The molecule has 6 heteroatoms. The number of hydrogen-bond acceptors (Lipinski definition) is 4. The number of halogens is 1. The van der Waals surface area contributed by atoms with Gasteiger partial charge in [0, 0.05) is 25.6 Å². The molecule has 0 spiro atoms. The number of methoxy groups -OCH3 is 1. The first kappa shape index (κ1) is 19.1. The largest absolute Gasteiger partial charge is 0.494 e. The molecule has 2 fully saturated rings. The van der Waals surface area contributed by atoms with Crippen LogP contribution in [0.1, 0.15) is 32.3 Å². The van der Waals surface area contributed by atoms with Crippen LogP contribution in [0.5, 0.6) is 5.75 Å². The van der Waals surface area contributed by atoms with Crippen molar-refractivity contribution in [2.45, 2.75) is 45.4 Å². The molecule has 1 amide bonds. The Balaban J connectivity index is 1.51. The predicted octanol–water partition coefficient (Wildman–Crippen LogP) is 2.68. The number of likely N-dealkylation sites (tertiary alicyclic amines) is 1. The molecule has 0 bridgehead atoms. The van der Waals surface area contributed by atoms with Crippen LogP contribution in [0.15, 0.2) is 18.2 Å². The van der Waals surface area contributed by atoms with Crippen LogP contribution in [-0.4, -0.2) is 61.2 Å². The van der Waals surface area contributed by atoms with Gasteiger partial charge in [0.15, 0.2) is 11.6 Å². The highest BCUT2D eigenvalue weighted by molar-refractivity contribution is 5.79. The van der Waals surface area contributed by atoms with Crippen LogP contribution in [0.2, 0.25) is 0 Å². The minimum atomic E-state index is -0.328. The van der Waals surface area contributed by atoms with Gasteiger partial charge in [-0.3, -0.25) is 9.69 Å². The second-order valence-electron chi connectivity index (χ2n) is 7.52. The first-order valence-electron chi connectivity index (χ1n) is 9.45. The maximum Gasteiger partial charge on any atom is 0.225 e. The van der Waals surface area contributed by atoms with Crippen molar-refractivity contribution < 1.29 is 18.7 Å². The molecule has 144 valence electrons. The van der Waals surface area contributed by atoms with Gasteiger partial charge in [-0.1, -0.05) is 6.07 Å². The van der Waals surface area contributed by atoms with Crippen LogP contribution in [0, 0.1) is 11.7 Å². The molecule has 2 aliphatic rings. The number of morpholine rings is 1. The van der Waals surface area contributed by atoms with Crippen LogP contribution in [0.25, 0.3) is 0 Å². The van der Waals surface area contributed by atoms with Gasteiger partial charge in [-0.15, -0.1) is 0 Å². The highest BCUT2D eigenvalue weighted by Gasteiger charge is 2.32. The molecule has 1 aromatic rings. The number of benzene rings is 1. The summed E-state index contributed by atoms with van der Waals surface area (Å²) in [5.41, 5.74) is 0.934. The molecule has 5 nitrogen and oxygen atoms in total. The van der Waals surface area contributed by atoms with Crippen molar-refractivity contribution >= 4 is 5.91 Å². The Morgan fingerprint density at radius 2 is 1.88 bits per heavy atom. The lowest BCUT2D eigenvalue weighted by Gasteiger charge is -2.39. The Kier molecular flexibility index (Phi) is 6.14. The fourth-order valence-electron chi connectivity index (χ4n) is 4.02. The molecule has 26 heavy (non-hydrogen) atoms. The van der Waals surface area contributed by atoms with Gasteiger partial charge in [-0.05, 0) is 57.5 Å². The zero-order valence-corrected chi connectivity index (χ0v) is 15.9. The second kappa shape index (κ2) is 8.35. The quantitative estimate of drug-likeness (QED) is 0.824. The fourth-order valence-corrected chi connectivity index (χ4v) is 4.02. The highest BCUT2D eigenvalue weighted by Crippen LogP contribution is 2.24. The molecule has 2 atom stereocenters. The molecular weight excluding hydrogens is 335 g/mol. The normalized spacial score (nSPS) is 25.3. The summed E-state index contributed by atoms with van der Waals surface area (Å²) in [6.07, 6.45) is 1.93. The third-order valence-electron chi connectivity index (χ3n) is 5.29. The molecule has 0 saturated carbocycles. The van der Waals surface area contributed by atoms with Crippen molar-refractivity contribution in [2.24, 2.45) is 5.92 Å². The molecule has 2 heterocycles. The summed E-state index contributed by atoms with van der Waals surface area (Å²) in [6.45, 7) is 7.84. The number of carbonyl (C=O) groups is 1. The SMILES string of the molecule is COc1ccc(CN2CCC(C(=O)N3C[C@H](C)O[C@@H](C)C3)CC2)cc1F. The Morgan fingerprint density at radius 1 is 1.23 bits per heavy atom. The van der Waals surface area contributed by atoms with Crippen LogP contribution in [-0.2, 0) is 16.1 Å². The Hall–Kier alpha value is -1.66. The van der Waals surface area contributed by atoms with E-state index in [-0.39, 0.29) is 35.6 Å². The van der Waals surface area contributed by atoms with E-state index in [1.165, 1.54) is 13.2 Å². The van der Waals surface area contributed by atoms with Crippen LogP contribution < -0.4 is 4.74 Å². The monoisotopic (exact) mass is 364 g/mol. The average Bonchev–Trinajstić information content (AvgIpc) is 2.61. The number of amides is 1. The lowest BCUT2D eigenvalue weighted by atomic mass is 9.94. The Labute approximate surface area is 155 Å². The molecule has 3 rings (SSSR count). The van der Waals surface area contributed by atoms with E-state index in [0.29, 0.717) is 19.6 Å². The third-order valence-corrected chi connectivity index (χ3v) is 5.29. The summed E-state index contributed by atoms with van der Waals surface area (Å²) in [6, 6.07) is 5.10. The van der Waals surface area contributed by atoms with Crippen molar-refractivity contribution in [1.29, 1.82) is 0 Å². The number of nitrogens with zero attached hydrogens (tertiary/aromatic N) is 2. The van der Waals surface area contributed by atoms with Gasteiger partial charge in [-0.25, -0.2) is 4.39 Å². The zero-order chi connectivity index (χ0) is 18.7. The second-order valence-corrected chi connectivity index (χ2v) is 7.52. The van der Waals surface area contributed by atoms with E-state index >= 15 is 0 Å². The summed E-state index contributed by atoms with van der Waals surface area (Å²) in [5, 5.41) is 0. The van der Waals surface area contributed by atoms with E-state index in [1.807, 2.05) is 24.8 Å². The molecular formula is C20H29FN2O3. The lowest BCUT2D eigenvalue weighted by molar-refractivity contribution is -0.148. The van der Waals surface area contributed by atoms with E-state index in [1.54, 1.807) is 6.07 Å². The highest BCUT2D eigenvalue weighted by atomic mass is 19.1. The summed E-state index contributed by atoms with van der Waals surface area (Å²) in [7, 11) is 1.47. The van der Waals surface area contributed by atoms with E-state index in [0.717, 1.165) is 31.5 Å². The summed E-state index contributed by atoms with van der Waals surface area (Å²) in [5.74, 6) is 0.302. The van der Waals surface area contributed by atoms with Gasteiger partial charge in [0.25, 0.3) is 0 Å². The zero-order valence-electron chi connectivity index (χ0n) is 15.9. The first-order valence-corrected chi connectivity index (χ1v) is 9.45. The summed E-state index contributed by atoms with van der Waals surface area (Å²) < 4.78 is 24.5. The fraction of sp³-hybridized carbons (Fsp3) is 0.650. The van der Waals surface area contributed by atoms with Crippen LogP contribution >= 0.6 is 0 Å². The van der Waals surface area contributed by atoms with Gasteiger partial charge in [0.1, 0.15) is 0 Å². The number of hydrogen-bond donors (Lipinski definition) is 0. The number of rotatable bonds is 4. The average molecular weight is 364 g/mol. The number of carbonyl (C=O) groups excluding carboxylic acids is 1. The van der Waals surface area contributed by atoms with E-state index in [2.05, 4.69) is 4.90 Å². The summed E-state index contributed by atoms with van der Waals surface area (Å²) in [4.78, 5) is 17.1. The molecule has 1 aromatic carbocycles. The van der Waals surface area contributed by atoms with E-state index < -0.39 is 0 Å². The lowest BCUT2D eigenvalue weighted by Crippen LogP contribution is -2.51. The van der Waals surface area contributed by atoms with Crippen molar-refractivity contribution in [3.8, 4) is 5.75 Å². The minimum absolute atomic E-state index is 0.0938. The van der Waals surface area contributed by atoms with Gasteiger partial charge in [0.05, 0.1) is 19.3 Å². The molecule has 0 aliphatic carbocycles. The van der Waals surface area contributed by atoms with E-state index in [9.17, 15) is 9.18 Å². The molecule has 2 aliphatic heterocycles. The standard InChI is InChI=1S/C20H29FN2O3/c1-14-11-23(12-15(2)26-14)20(24)17-6-8-22(9-7-17)13-16-4-5-19(25-3)18(21)10-16/h4-5,10,14-15,17H,6-9,11-13H2,1-3H3/t14-,15-/m0/s1. The Morgan fingerprint density at radius 3 is 2.46 bits per heavy atom. The van der Waals surface area contributed by atoms with Crippen LogP contribution in [0.3, 0.4) is 0 Å². The van der Waals surface area contributed by atoms with Crippen LogP contribution in [0.4, 0.5) is 4.39 Å². The van der Waals surface area contributed by atoms with Crippen molar-refractivity contribution in [1.82, 2.24) is 9.80 Å². The first-order chi connectivity index (χ1) is 12.5. The van der Waals surface area contributed by atoms with Gasteiger partial charge < -0.3 is 14.4 Å². The molecule has 0 N–H and O–H groups in total. The minimum Gasteiger partial charge on any atom is -0.494 e. The number of piperidine rings is 1. The molecule has 0 aromatic heterocycles. The summed E-state index contributed by atoms with van der Waals surface area (Å²) >= 11 is 0. The maximum atomic E-state index is 13.8. The smallest absolute Gasteiger partial charge is 0.225 e. The van der Waals surface area contributed by atoms with Crippen molar-refractivity contribution in [3.63, 3.8) is 0 Å². The molecule has 0 radical (unpaired) electrons. The maximum absolute atomic E-state index is 13.8. The van der Waals surface area contributed by atoms with Gasteiger partial charge >= 0.3 is 0 Å². The molecule has 2 saturated heterocycles. The number of ether oxygens (including phenoxy) is 2. The van der Waals surface area contributed by atoms with Gasteiger partial charge in [0.2, 0.25) is 5.91 Å². The predicted molar refractivity (Wildman–Crippen MR) is 97.5 cm³/mol. The Bertz CT molecular complexity index is 621. The molecule has 0 unspecified atom stereocenters. The third kappa shape index (κ3) is 4.54. The van der Waals surface area contributed by atoms with Crippen molar-refractivity contribution in [2.75, 3.05) is 33.3 Å².